The number of nitrogens with zero attached hydrogens (tertiary/aromatic N) is 6. The highest BCUT2D eigenvalue weighted by atomic mass is 16.8. The Hall–Kier alpha value is -3.94. The highest BCUT2D eigenvalue weighted by Gasteiger charge is 2.58. The molecule has 1 aromatic carbocycles. The first-order valence-corrected chi connectivity index (χ1v) is 32.4. The molecule has 0 bridgehead atoms. The molecule has 2 saturated carbocycles. The molecule has 20 unspecified atom stereocenters. The normalized spacial score (nSPS) is 48.0. The molecule has 38 atom stereocenters. The highest BCUT2D eigenvalue weighted by Crippen LogP contribution is 2.39. The molecule has 8 heterocycles. The van der Waals surface area contributed by atoms with E-state index >= 15 is 0 Å². The number of aliphatic hydroxyl groups excluding tert-OH is 12. The quantitative estimate of drug-likeness (QED) is 0.0444. The van der Waals surface area contributed by atoms with E-state index in [0.717, 1.165) is 0 Å². The lowest BCUT2D eigenvalue weighted by Crippen LogP contribution is -2.68. The lowest BCUT2D eigenvalue weighted by molar-refractivity contribution is -0.306. The van der Waals surface area contributed by atoms with Gasteiger partial charge < -0.3 is 187 Å². The summed E-state index contributed by atoms with van der Waals surface area (Å²) in [4.78, 5) is 0. The molecule has 42 heteroatoms. The molecule has 2 aromatic heterocycles. The molecule has 554 valence electrons. The third-order valence-corrected chi connectivity index (χ3v) is 19.7. The summed E-state index contributed by atoms with van der Waals surface area (Å²) in [5, 5.41) is 150. The standard InChI is InChI=1S/C56H96N18O24/c57-7-23-35(77)39(81)29(65)51(87-23)93-45-19(63)5-17(61)33(75)49(45)97-55-43(85)47(95-53-31(67)41(83)37(79)25(9-59)89-53)27(91-55)13-73-11-21(69-71-73)15-1-2-16(4-3-15)22-12-74(72-70-22)14-28-48(96-54-32(68)42(84)38(80)26(10-60)90-54)44(86)56(92-28)98-50-34(76)18(62)6-20(64)46(50)94-52-30(66)40(82)36(78)24(8-58)88-52/h1-4,11-12,17-20,23-56,75-86H,5-10,13-14,57-68H2/t17-,18-,19?,20?,23?,24?,25+,26+,27-,28-,29?,30?,31?,32?,33?,34?,35?,36?,37?,38?,39-,40-,41?,42?,43+,44+,45?,46?,47?,48?,49-,50-,51+,52+,53-,54-,55+,56+/m1/s1. The van der Waals surface area contributed by atoms with Crippen molar-refractivity contribution in [2.75, 3.05) is 26.2 Å². The Morgan fingerprint density at radius 2 is 0.592 bits per heavy atom. The topological polar surface area (TPSA) is 727 Å². The van der Waals surface area contributed by atoms with E-state index in [2.05, 4.69) is 20.6 Å². The molecule has 42 nitrogen and oxygen atoms in total. The summed E-state index contributed by atoms with van der Waals surface area (Å²) in [6.45, 7) is -1.36. The van der Waals surface area contributed by atoms with Gasteiger partial charge in [0.1, 0.15) is 146 Å². The largest absolute Gasteiger partial charge is 0.389 e. The average molecular weight is 1410 g/mol. The third kappa shape index (κ3) is 15.2. The molecule has 0 amide bonds. The summed E-state index contributed by atoms with van der Waals surface area (Å²) in [7, 11) is 0. The summed E-state index contributed by atoms with van der Waals surface area (Å²) in [6, 6.07) is -2.37. The molecule has 0 radical (unpaired) electrons. The van der Waals surface area contributed by atoms with E-state index in [0.29, 0.717) is 22.5 Å². The van der Waals surface area contributed by atoms with Crippen molar-refractivity contribution >= 4 is 0 Å². The number of aliphatic hydroxyl groups is 12. The van der Waals surface area contributed by atoms with E-state index < -0.39 is 233 Å². The van der Waals surface area contributed by atoms with Gasteiger partial charge in [-0.3, -0.25) is 0 Å². The van der Waals surface area contributed by atoms with Crippen molar-refractivity contribution in [3.63, 3.8) is 0 Å². The molecular weight excluding hydrogens is 1310 g/mol. The summed E-state index contributed by atoms with van der Waals surface area (Å²) in [6.07, 6.45) is -39.8. The van der Waals surface area contributed by atoms with Crippen LogP contribution in [-0.2, 0) is 69.9 Å². The van der Waals surface area contributed by atoms with Crippen LogP contribution in [0.1, 0.15) is 12.8 Å². The minimum Gasteiger partial charge on any atom is -0.389 e. The van der Waals surface area contributed by atoms with Gasteiger partial charge in [0.15, 0.2) is 37.7 Å². The van der Waals surface area contributed by atoms with Crippen molar-refractivity contribution in [1.82, 2.24) is 30.0 Å². The van der Waals surface area contributed by atoms with E-state index in [-0.39, 0.29) is 52.1 Å². The SMILES string of the molecule is NCC1O[C@@H](OC2C(N)C[C@@H](N)C(O)[C@H]2O[C@@H]2O[C@H](Cn3cc(-c4ccc(-c5cn(C[C@H]6O[C@@H](O[C@H]7C(O[C@@H]8OC(CN)C(O)[C@H](O)C8N)C(N)C[C@@H](N)C7O)[C@@H](O)C6O[C@H]6O[C@@H](CN)C(O)C(O)C6N)nn5)cc4)nn3)C(O[C@H]3O[C@@H](CN)C(O)C(O)C3N)[C@@H]2O)C(N)[C@@H](O)C1O. The third-order valence-electron chi connectivity index (χ3n) is 19.7. The second kappa shape index (κ2) is 31.6. The highest BCUT2D eigenvalue weighted by molar-refractivity contribution is 5.65. The van der Waals surface area contributed by atoms with E-state index in [1.54, 1.807) is 36.7 Å². The molecule has 11 rings (SSSR count). The summed E-state index contributed by atoms with van der Waals surface area (Å²) in [5.41, 5.74) is 76.0. The number of nitrogens with two attached hydrogens (primary N) is 12. The molecule has 2 aliphatic carbocycles. The van der Waals surface area contributed by atoms with Crippen LogP contribution in [0.25, 0.3) is 22.5 Å². The Labute approximate surface area is 559 Å². The zero-order chi connectivity index (χ0) is 70.6. The van der Waals surface area contributed by atoms with Crippen molar-refractivity contribution in [2.45, 2.75) is 259 Å². The maximum Gasteiger partial charge on any atom is 0.187 e. The molecule has 6 aliphatic heterocycles. The van der Waals surface area contributed by atoms with Gasteiger partial charge in [0, 0.05) is 61.5 Å². The first-order valence-electron chi connectivity index (χ1n) is 32.4. The molecule has 6 saturated heterocycles. The number of aromatic nitrogens is 6. The molecule has 3 aromatic rings. The van der Waals surface area contributed by atoms with Gasteiger partial charge in [-0.05, 0) is 12.8 Å². The Bertz CT molecular complexity index is 2820. The van der Waals surface area contributed by atoms with Crippen LogP contribution in [0.3, 0.4) is 0 Å². The van der Waals surface area contributed by atoms with E-state index in [1.807, 2.05) is 0 Å². The minimum atomic E-state index is -1.73. The lowest BCUT2D eigenvalue weighted by atomic mass is 9.84. The fraction of sp³-hybridized carbons (Fsp3) is 0.821. The van der Waals surface area contributed by atoms with Crippen LogP contribution in [0.15, 0.2) is 36.7 Å². The van der Waals surface area contributed by atoms with Gasteiger partial charge >= 0.3 is 0 Å². The fourth-order valence-corrected chi connectivity index (χ4v) is 13.7. The summed E-state index contributed by atoms with van der Waals surface area (Å²) in [5.74, 6) is 0. The van der Waals surface area contributed by atoms with Crippen molar-refractivity contribution in [2.24, 2.45) is 68.8 Å². The van der Waals surface area contributed by atoms with E-state index in [9.17, 15) is 61.3 Å². The van der Waals surface area contributed by atoms with Crippen molar-refractivity contribution in [3.05, 3.63) is 36.7 Å². The minimum absolute atomic E-state index is 0.00897. The monoisotopic (exact) mass is 1400 g/mol. The molecule has 36 N–H and O–H groups in total. The second-order valence-corrected chi connectivity index (χ2v) is 26.4. The smallest absolute Gasteiger partial charge is 0.187 e. The predicted octanol–water partition coefficient (Wildman–Crippen LogP) is -15.5. The summed E-state index contributed by atoms with van der Waals surface area (Å²) >= 11 is 0. The predicted molar refractivity (Wildman–Crippen MR) is 327 cm³/mol. The molecule has 98 heavy (non-hydrogen) atoms. The lowest BCUT2D eigenvalue weighted by Gasteiger charge is -2.47. The van der Waals surface area contributed by atoms with Crippen LogP contribution >= 0.6 is 0 Å². The first kappa shape index (κ1) is 75.2. The number of rotatable bonds is 22. The fourth-order valence-electron chi connectivity index (χ4n) is 13.7. The van der Waals surface area contributed by atoms with Gasteiger partial charge in [-0.25, -0.2) is 9.36 Å². The Kier molecular flexibility index (Phi) is 24.2. The Morgan fingerprint density at radius 3 is 0.878 bits per heavy atom. The number of ether oxygens (including phenoxy) is 12. The number of hydrogen-bond donors (Lipinski definition) is 24. The second-order valence-electron chi connectivity index (χ2n) is 26.4. The van der Waals surface area contributed by atoms with Crippen LogP contribution in [-0.4, -0.2) is 350 Å². The maximum absolute atomic E-state index is 12.1. The van der Waals surface area contributed by atoms with Gasteiger partial charge in [-0.1, -0.05) is 34.7 Å². The Balaban J connectivity index is 0.796. The van der Waals surface area contributed by atoms with Crippen LogP contribution in [0, 0.1) is 0 Å². The van der Waals surface area contributed by atoms with Gasteiger partial charge in [0.2, 0.25) is 0 Å². The van der Waals surface area contributed by atoms with Crippen molar-refractivity contribution in [1.29, 1.82) is 0 Å². The number of hydrogen-bond acceptors (Lipinski definition) is 40. The van der Waals surface area contributed by atoms with Crippen molar-refractivity contribution < 1.29 is 118 Å². The van der Waals surface area contributed by atoms with Gasteiger partial charge in [-0.2, -0.15) is 0 Å². The Morgan fingerprint density at radius 1 is 0.327 bits per heavy atom. The molecular formula is C56H96N18O24. The van der Waals surface area contributed by atoms with Gasteiger partial charge in [0.25, 0.3) is 0 Å². The van der Waals surface area contributed by atoms with E-state index in [4.69, 9.17) is 126 Å². The van der Waals surface area contributed by atoms with E-state index in [1.165, 1.54) is 9.36 Å². The maximum atomic E-state index is 12.1. The van der Waals surface area contributed by atoms with Gasteiger partial charge in [-0.15, -0.1) is 10.2 Å². The summed E-state index contributed by atoms with van der Waals surface area (Å²) < 4.78 is 76.5. The van der Waals surface area contributed by atoms with Gasteiger partial charge in [0.05, 0.1) is 61.9 Å². The average Bonchev–Trinajstić information content (AvgIpc) is 1.42. The first-order chi connectivity index (χ1) is 46.6. The molecule has 8 aliphatic rings. The molecule has 0 spiro atoms. The molecule has 8 fully saturated rings. The van der Waals surface area contributed by atoms with Crippen molar-refractivity contribution in [3.8, 4) is 22.5 Å². The van der Waals surface area contributed by atoms with Crippen LogP contribution in [0.5, 0.6) is 0 Å². The van der Waals surface area contributed by atoms with Crippen LogP contribution < -0.4 is 68.8 Å². The van der Waals surface area contributed by atoms with Crippen LogP contribution in [0.4, 0.5) is 0 Å². The zero-order valence-corrected chi connectivity index (χ0v) is 52.9. The zero-order valence-electron chi connectivity index (χ0n) is 52.9. The van der Waals surface area contributed by atoms with Crippen LogP contribution in [0.2, 0.25) is 0 Å². The number of benzene rings is 1.